The summed E-state index contributed by atoms with van der Waals surface area (Å²) in [5, 5.41) is 20.0. The molecule has 1 aliphatic rings. The summed E-state index contributed by atoms with van der Waals surface area (Å²) in [5.41, 5.74) is -1.67. The van der Waals surface area contributed by atoms with Crippen LogP contribution in [0, 0.1) is 11.6 Å². The molecule has 1 aromatic carbocycles. The summed E-state index contributed by atoms with van der Waals surface area (Å²) in [7, 11) is 0. The Morgan fingerprint density at radius 2 is 2.14 bits per heavy atom. The van der Waals surface area contributed by atoms with Gasteiger partial charge in [0.1, 0.15) is 35.7 Å². The zero-order valence-electron chi connectivity index (χ0n) is 15.0. The molecule has 3 heterocycles. The highest BCUT2D eigenvalue weighted by Gasteiger charge is 2.43. The molecular weight excluding hydrogens is 436 g/mol. The van der Waals surface area contributed by atoms with Crippen LogP contribution in [0.4, 0.5) is 8.78 Å². The first-order valence-electron chi connectivity index (χ1n) is 8.70. The number of halogens is 3. The highest BCUT2D eigenvalue weighted by atomic mass is 79.9. The maximum Gasteiger partial charge on any atom is 0.217 e. The molecule has 8 nitrogen and oxygen atoms in total. The summed E-state index contributed by atoms with van der Waals surface area (Å²) in [4.78, 5) is 10.2. The molecule has 0 radical (unpaired) electrons. The van der Waals surface area contributed by atoms with Gasteiger partial charge in [0.25, 0.3) is 0 Å². The van der Waals surface area contributed by atoms with Crippen LogP contribution in [0.15, 0.2) is 35.6 Å². The monoisotopic (exact) mass is 453 g/mol. The summed E-state index contributed by atoms with van der Waals surface area (Å²) < 4.78 is 31.8. The summed E-state index contributed by atoms with van der Waals surface area (Å²) in [5.74, 6) is -0.766. The molecule has 0 spiro atoms. The van der Waals surface area contributed by atoms with Crippen LogP contribution in [0.1, 0.15) is 18.3 Å². The Kier molecular flexibility index (Phi) is 4.98. The Morgan fingerprint density at radius 1 is 1.32 bits per heavy atom. The number of hydrogen-bond acceptors (Lipinski definition) is 6. The molecule has 0 saturated carbocycles. The third kappa shape index (κ3) is 3.45. The molecule has 0 bridgehead atoms. The van der Waals surface area contributed by atoms with Gasteiger partial charge in [-0.1, -0.05) is 6.07 Å². The van der Waals surface area contributed by atoms with Crippen molar-refractivity contribution in [1.82, 2.24) is 34.4 Å². The van der Waals surface area contributed by atoms with Crippen molar-refractivity contribution in [2.24, 2.45) is 0 Å². The van der Waals surface area contributed by atoms with Gasteiger partial charge in [0, 0.05) is 24.2 Å². The first kappa shape index (κ1) is 19.1. The van der Waals surface area contributed by atoms with Gasteiger partial charge in [-0.2, -0.15) is 5.10 Å². The van der Waals surface area contributed by atoms with Crippen LogP contribution in [0.25, 0.3) is 0 Å². The topological polar surface area (TPSA) is 84.9 Å². The van der Waals surface area contributed by atoms with Gasteiger partial charge in [-0.25, -0.2) is 28.1 Å². The van der Waals surface area contributed by atoms with Gasteiger partial charge in [0.15, 0.2) is 0 Å². The molecule has 0 aliphatic carbocycles. The van der Waals surface area contributed by atoms with Crippen LogP contribution in [0.5, 0.6) is 0 Å². The third-order valence-corrected chi connectivity index (χ3v) is 5.51. The van der Waals surface area contributed by atoms with Gasteiger partial charge < -0.3 is 5.11 Å². The van der Waals surface area contributed by atoms with Crippen molar-refractivity contribution in [3.05, 3.63) is 58.6 Å². The highest BCUT2D eigenvalue weighted by Crippen LogP contribution is 2.34. The molecule has 0 amide bonds. The summed E-state index contributed by atoms with van der Waals surface area (Å²) in [6.07, 6.45) is 2.79. The van der Waals surface area contributed by atoms with E-state index in [2.05, 4.69) is 36.1 Å². The largest absolute Gasteiger partial charge is 0.381 e. The Hall–Kier alpha value is -2.24. The Labute approximate surface area is 168 Å². The zero-order valence-corrected chi connectivity index (χ0v) is 16.6. The van der Waals surface area contributed by atoms with Crippen molar-refractivity contribution in [2.75, 3.05) is 6.54 Å². The molecule has 0 fully saturated rings. The van der Waals surface area contributed by atoms with Crippen molar-refractivity contribution < 1.29 is 13.9 Å². The number of rotatable bonds is 5. The van der Waals surface area contributed by atoms with Crippen molar-refractivity contribution in [2.45, 2.75) is 38.2 Å². The first-order chi connectivity index (χ1) is 13.4. The normalized spacial score (nSPS) is 17.9. The van der Waals surface area contributed by atoms with Gasteiger partial charge in [-0.15, -0.1) is 5.10 Å². The fraction of sp³-hybridized carbons (Fsp3) is 0.412. The lowest BCUT2D eigenvalue weighted by Gasteiger charge is -2.42. The lowest BCUT2D eigenvalue weighted by Crippen LogP contribution is -2.53. The first-order valence-corrected chi connectivity index (χ1v) is 9.50. The Bertz CT molecular complexity index is 980. The second kappa shape index (κ2) is 7.30. The molecule has 148 valence electrons. The van der Waals surface area contributed by atoms with E-state index in [0.29, 0.717) is 24.4 Å². The minimum absolute atomic E-state index is 0.00474. The molecule has 1 aliphatic heterocycles. The average molecular weight is 454 g/mol. The van der Waals surface area contributed by atoms with Crippen molar-refractivity contribution >= 4 is 15.9 Å². The summed E-state index contributed by atoms with van der Waals surface area (Å²) in [6.45, 7) is 3.38. The minimum atomic E-state index is -1.68. The Morgan fingerprint density at radius 3 is 2.86 bits per heavy atom. The van der Waals surface area contributed by atoms with E-state index in [0.717, 1.165) is 18.0 Å². The smallest absolute Gasteiger partial charge is 0.217 e. The molecule has 1 N–H and O–H groups in total. The second-order valence-corrected chi connectivity index (χ2v) is 7.52. The van der Waals surface area contributed by atoms with Crippen molar-refractivity contribution in [3.63, 3.8) is 0 Å². The number of hydrogen-bond donors (Lipinski definition) is 1. The summed E-state index contributed by atoms with van der Waals surface area (Å²) in [6, 6.07) is 2.67. The fourth-order valence-electron chi connectivity index (χ4n) is 3.60. The van der Waals surface area contributed by atoms with Gasteiger partial charge in [0.05, 0.1) is 19.6 Å². The predicted octanol–water partition coefficient (Wildman–Crippen LogP) is 1.70. The zero-order chi connectivity index (χ0) is 19.9. The van der Waals surface area contributed by atoms with Crippen molar-refractivity contribution in [3.8, 4) is 0 Å². The maximum atomic E-state index is 14.6. The van der Waals surface area contributed by atoms with Gasteiger partial charge >= 0.3 is 0 Å². The van der Waals surface area contributed by atoms with Crippen LogP contribution in [-0.2, 0) is 25.2 Å². The lowest BCUT2D eigenvalue weighted by molar-refractivity contribution is -0.0714. The minimum Gasteiger partial charge on any atom is -0.381 e. The Balaban J connectivity index is 1.70. The number of aromatic nitrogens is 6. The van der Waals surface area contributed by atoms with Crippen LogP contribution < -0.4 is 0 Å². The van der Waals surface area contributed by atoms with Crippen LogP contribution in [0.3, 0.4) is 0 Å². The van der Waals surface area contributed by atoms with E-state index >= 15 is 0 Å². The third-order valence-electron chi connectivity index (χ3n) is 5.17. The lowest BCUT2D eigenvalue weighted by atomic mass is 9.85. The molecule has 28 heavy (non-hydrogen) atoms. The number of fused-ring (bicyclic) bond motifs is 1. The van der Waals surface area contributed by atoms with E-state index in [9.17, 15) is 13.9 Å². The van der Waals surface area contributed by atoms with E-state index in [-0.39, 0.29) is 12.1 Å². The molecule has 4 rings (SSSR count). The fourth-order valence-corrected chi connectivity index (χ4v) is 4.00. The predicted molar refractivity (Wildman–Crippen MR) is 97.9 cm³/mol. The highest BCUT2D eigenvalue weighted by molar-refractivity contribution is 9.10. The van der Waals surface area contributed by atoms with Gasteiger partial charge in [0.2, 0.25) is 4.73 Å². The number of benzene rings is 1. The standard InChI is InChI=1S/C17H18BrF2N7O/c1-11(25-4-5-27-15(7-25)23-16(18)24-27)17(28,8-26-10-21-9-22-26)13-3-2-12(19)6-14(13)20/h2-3,6,9-11,28H,4-5,7-8H2,1H3/t11-,17-/m1/s1. The molecule has 3 aromatic rings. The van der Waals surface area contributed by atoms with E-state index in [1.807, 2.05) is 4.90 Å². The molecule has 2 atom stereocenters. The van der Waals surface area contributed by atoms with E-state index < -0.39 is 23.3 Å². The molecule has 0 unspecified atom stereocenters. The molecule has 11 heteroatoms. The van der Waals surface area contributed by atoms with Gasteiger partial charge in [-0.3, -0.25) is 4.90 Å². The van der Waals surface area contributed by atoms with Crippen LogP contribution >= 0.6 is 15.9 Å². The van der Waals surface area contributed by atoms with Gasteiger partial charge in [-0.05, 0) is 28.9 Å². The molecule has 2 aromatic heterocycles. The van der Waals surface area contributed by atoms with Crippen LogP contribution in [0.2, 0.25) is 0 Å². The molecule has 0 saturated heterocycles. The summed E-state index contributed by atoms with van der Waals surface area (Å²) >= 11 is 3.27. The van der Waals surface area contributed by atoms with E-state index in [1.54, 1.807) is 11.6 Å². The SMILES string of the molecule is C[C@@H](N1CCn2nc(Br)nc2C1)[C@](O)(Cn1cncn1)c1ccc(F)cc1F. The quantitative estimate of drug-likeness (QED) is 0.632. The van der Waals surface area contributed by atoms with E-state index in [4.69, 9.17) is 0 Å². The van der Waals surface area contributed by atoms with E-state index in [1.165, 1.54) is 23.4 Å². The maximum absolute atomic E-state index is 14.6. The average Bonchev–Trinajstić information content (AvgIpc) is 3.28. The van der Waals surface area contributed by atoms with Crippen LogP contribution in [-0.4, -0.2) is 52.1 Å². The number of nitrogens with zero attached hydrogens (tertiary/aromatic N) is 7. The van der Waals surface area contributed by atoms with Crippen molar-refractivity contribution in [1.29, 1.82) is 0 Å². The molecular formula is C17H18BrF2N7O. The second-order valence-electron chi connectivity index (χ2n) is 6.81. The number of aliphatic hydroxyl groups is 1.